The van der Waals surface area contributed by atoms with Gasteiger partial charge in [-0.3, -0.25) is 9.69 Å². The number of benzene rings is 1. The quantitative estimate of drug-likeness (QED) is 0.834. The average Bonchev–Trinajstić information content (AvgIpc) is 2.42. The molecule has 0 radical (unpaired) electrons. The number of nitrogens with two attached hydrogens (primary N) is 1. The monoisotopic (exact) mass is 280 g/mol. The highest BCUT2D eigenvalue weighted by molar-refractivity contribution is 5.72. The second kappa shape index (κ2) is 5.79. The first-order valence-corrected chi connectivity index (χ1v) is 6.92. The summed E-state index contributed by atoms with van der Waals surface area (Å²) in [6, 6.07) is 2.75. The Morgan fingerprint density at radius 3 is 2.60 bits per heavy atom. The van der Waals surface area contributed by atoms with Gasteiger partial charge in [0.1, 0.15) is 11.9 Å². The third-order valence-corrected chi connectivity index (χ3v) is 4.26. The first kappa shape index (κ1) is 14.8. The van der Waals surface area contributed by atoms with Gasteiger partial charge in [0.15, 0.2) is 0 Å². The Kier molecular flexibility index (Phi) is 4.28. The summed E-state index contributed by atoms with van der Waals surface area (Å²) in [7, 11) is 0. The number of hydrogen-bond donors (Lipinski definition) is 2. The predicted octanol–water partition coefficient (Wildman–Crippen LogP) is 2.37. The SMILES string of the molecule is Cc1cc(N)c(F)cc1C1CCN(C(C)C(=O)O)CC1. The number of anilines is 1. The van der Waals surface area contributed by atoms with E-state index in [1.54, 1.807) is 13.0 Å². The van der Waals surface area contributed by atoms with Crippen molar-refractivity contribution in [3.63, 3.8) is 0 Å². The van der Waals surface area contributed by atoms with Gasteiger partial charge in [0.25, 0.3) is 0 Å². The van der Waals surface area contributed by atoms with Crippen LogP contribution in [0.4, 0.5) is 10.1 Å². The van der Waals surface area contributed by atoms with E-state index in [4.69, 9.17) is 10.8 Å². The van der Waals surface area contributed by atoms with Gasteiger partial charge < -0.3 is 10.8 Å². The molecule has 1 atom stereocenters. The Morgan fingerprint density at radius 2 is 2.05 bits per heavy atom. The molecule has 0 aromatic heterocycles. The molecule has 0 spiro atoms. The molecule has 2 rings (SSSR count). The van der Waals surface area contributed by atoms with Gasteiger partial charge in [-0.1, -0.05) is 0 Å². The third-order valence-electron chi connectivity index (χ3n) is 4.26. The summed E-state index contributed by atoms with van der Waals surface area (Å²) in [4.78, 5) is 12.9. The van der Waals surface area contributed by atoms with Crippen molar-refractivity contribution < 1.29 is 14.3 Å². The number of rotatable bonds is 3. The van der Waals surface area contributed by atoms with E-state index in [-0.39, 0.29) is 17.4 Å². The molecule has 4 nitrogen and oxygen atoms in total. The molecule has 5 heteroatoms. The van der Waals surface area contributed by atoms with Crippen LogP contribution in [0.1, 0.15) is 36.8 Å². The van der Waals surface area contributed by atoms with Crippen LogP contribution in [-0.2, 0) is 4.79 Å². The molecule has 1 heterocycles. The normalized spacial score (nSPS) is 18.9. The molecule has 0 amide bonds. The number of carboxylic acid groups (broad SMARTS) is 1. The van der Waals surface area contributed by atoms with Crippen LogP contribution in [0, 0.1) is 12.7 Å². The van der Waals surface area contributed by atoms with Crippen molar-refractivity contribution in [3.8, 4) is 0 Å². The zero-order valence-corrected chi connectivity index (χ0v) is 11.9. The molecule has 0 bridgehead atoms. The molecule has 0 aliphatic carbocycles. The summed E-state index contributed by atoms with van der Waals surface area (Å²) in [6.45, 7) is 5.10. The molecule has 1 saturated heterocycles. The van der Waals surface area contributed by atoms with Crippen molar-refractivity contribution in [2.75, 3.05) is 18.8 Å². The number of halogens is 1. The predicted molar refractivity (Wildman–Crippen MR) is 76.2 cm³/mol. The highest BCUT2D eigenvalue weighted by atomic mass is 19.1. The molecule has 20 heavy (non-hydrogen) atoms. The largest absolute Gasteiger partial charge is 0.480 e. The molecule has 1 unspecified atom stereocenters. The molecule has 110 valence electrons. The van der Waals surface area contributed by atoms with Gasteiger partial charge in [-0.25, -0.2) is 4.39 Å². The minimum atomic E-state index is -0.793. The summed E-state index contributed by atoms with van der Waals surface area (Å²) in [5, 5.41) is 9.02. The summed E-state index contributed by atoms with van der Waals surface area (Å²) >= 11 is 0. The third kappa shape index (κ3) is 2.93. The number of aliphatic carboxylic acids is 1. The van der Waals surface area contributed by atoms with E-state index in [9.17, 15) is 9.18 Å². The van der Waals surface area contributed by atoms with Crippen molar-refractivity contribution in [2.24, 2.45) is 0 Å². The van der Waals surface area contributed by atoms with Gasteiger partial charge in [0.2, 0.25) is 0 Å². The first-order valence-electron chi connectivity index (χ1n) is 6.92. The Labute approximate surface area is 118 Å². The number of nitrogen functional groups attached to an aromatic ring is 1. The van der Waals surface area contributed by atoms with Crippen LogP contribution in [0.15, 0.2) is 12.1 Å². The lowest BCUT2D eigenvalue weighted by molar-refractivity contribution is -0.143. The van der Waals surface area contributed by atoms with E-state index in [1.165, 1.54) is 6.07 Å². The highest BCUT2D eigenvalue weighted by Gasteiger charge is 2.27. The maximum atomic E-state index is 13.6. The van der Waals surface area contributed by atoms with Crippen molar-refractivity contribution in [1.29, 1.82) is 0 Å². The molecule has 3 N–H and O–H groups in total. The molecule has 1 aliphatic heterocycles. The number of carbonyl (C=O) groups is 1. The van der Waals surface area contributed by atoms with Crippen LogP contribution in [0.2, 0.25) is 0 Å². The molecular formula is C15H21FN2O2. The Hall–Kier alpha value is -1.62. The zero-order chi connectivity index (χ0) is 14.9. The summed E-state index contributed by atoms with van der Waals surface area (Å²) < 4.78 is 13.6. The second-order valence-corrected chi connectivity index (χ2v) is 5.55. The lowest BCUT2D eigenvalue weighted by Crippen LogP contribution is -2.43. The maximum absolute atomic E-state index is 13.6. The standard InChI is InChI=1S/C15H21FN2O2/c1-9-7-14(17)13(16)8-12(9)11-3-5-18(6-4-11)10(2)15(19)20/h7-8,10-11H,3-6,17H2,1-2H3,(H,19,20). The minimum Gasteiger partial charge on any atom is -0.480 e. The van der Waals surface area contributed by atoms with Crippen molar-refractivity contribution >= 4 is 11.7 Å². The fourth-order valence-corrected chi connectivity index (χ4v) is 2.91. The molecule has 0 saturated carbocycles. The van der Waals surface area contributed by atoms with Crippen LogP contribution in [0.5, 0.6) is 0 Å². The number of hydrogen-bond acceptors (Lipinski definition) is 3. The lowest BCUT2D eigenvalue weighted by Gasteiger charge is -2.35. The number of likely N-dealkylation sites (tertiary alicyclic amines) is 1. The fourth-order valence-electron chi connectivity index (χ4n) is 2.91. The zero-order valence-electron chi connectivity index (χ0n) is 11.9. The Balaban J connectivity index is 2.08. The van der Waals surface area contributed by atoms with E-state index < -0.39 is 12.0 Å². The van der Waals surface area contributed by atoms with Gasteiger partial charge in [-0.2, -0.15) is 0 Å². The van der Waals surface area contributed by atoms with Crippen LogP contribution in [0.25, 0.3) is 0 Å². The average molecular weight is 280 g/mol. The smallest absolute Gasteiger partial charge is 0.320 e. The highest BCUT2D eigenvalue weighted by Crippen LogP contribution is 2.32. The first-order chi connectivity index (χ1) is 9.40. The van der Waals surface area contributed by atoms with Crippen molar-refractivity contribution in [3.05, 3.63) is 29.1 Å². The van der Waals surface area contributed by atoms with Gasteiger partial charge >= 0.3 is 5.97 Å². The topological polar surface area (TPSA) is 66.6 Å². The minimum absolute atomic E-state index is 0.184. The number of carboxylic acids is 1. The second-order valence-electron chi connectivity index (χ2n) is 5.55. The van der Waals surface area contributed by atoms with Gasteiger partial charge in [-0.15, -0.1) is 0 Å². The lowest BCUT2D eigenvalue weighted by atomic mass is 9.86. The molecular weight excluding hydrogens is 259 g/mol. The number of piperidine rings is 1. The maximum Gasteiger partial charge on any atom is 0.320 e. The van der Waals surface area contributed by atoms with E-state index >= 15 is 0 Å². The van der Waals surface area contributed by atoms with Gasteiger partial charge in [-0.05, 0) is 69.0 Å². The van der Waals surface area contributed by atoms with E-state index in [0.717, 1.165) is 37.1 Å². The molecule has 1 aliphatic rings. The van der Waals surface area contributed by atoms with Crippen molar-refractivity contribution in [1.82, 2.24) is 4.90 Å². The van der Waals surface area contributed by atoms with Crippen LogP contribution in [0.3, 0.4) is 0 Å². The molecule has 1 aromatic rings. The van der Waals surface area contributed by atoms with Crippen LogP contribution in [-0.4, -0.2) is 35.1 Å². The Morgan fingerprint density at radius 1 is 1.45 bits per heavy atom. The van der Waals surface area contributed by atoms with Crippen LogP contribution >= 0.6 is 0 Å². The molecule has 1 aromatic carbocycles. The summed E-state index contributed by atoms with van der Waals surface area (Å²) in [5.41, 5.74) is 7.76. The van der Waals surface area contributed by atoms with Crippen LogP contribution < -0.4 is 5.73 Å². The van der Waals surface area contributed by atoms with Crippen molar-refractivity contribution in [2.45, 2.75) is 38.6 Å². The number of nitrogens with zero attached hydrogens (tertiary/aromatic N) is 1. The van der Waals surface area contributed by atoms with Gasteiger partial charge in [0, 0.05) is 0 Å². The van der Waals surface area contributed by atoms with E-state index in [0.29, 0.717) is 0 Å². The summed E-state index contributed by atoms with van der Waals surface area (Å²) in [6.07, 6.45) is 1.70. The summed E-state index contributed by atoms with van der Waals surface area (Å²) in [5.74, 6) is -0.882. The van der Waals surface area contributed by atoms with Gasteiger partial charge in [0.05, 0.1) is 5.69 Å². The molecule has 1 fully saturated rings. The van der Waals surface area contributed by atoms with E-state index in [2.05, 4.69) is 0 Å². The Bertz CT molecular complexity index is 511. The number of aryl methyl sites for hydroxylation is 1. The van der Waals surface area contributed by atoms with E-state index in [1.807, 2.05) is 11.8 Å². The fraction of sp³-hybridized carbons (Fsp3) is 0.533.